The first-order valence-corrected chi connectivity index (χ1v) is 9.73. The first-order valence-electron chi connectivity index (χ1n) is 9.73. The lowest BCUT2D eigenvalue weighted by atomic mass is 9.82. The van der Waals surface area contributed by atoms with E-state index >= 15 is 0 Å². The average molecular weight is 392 g/mol. The minimum absolute atomic E-state index is 0.176. The number of ketones is 2. The van der Waals surface area contributed by atoms with Crippen molar-refractivity contribution in [1.29, 1.82) is 0 Å². The lowest BCUT2D eigenvalue weighted by molar-refractivity contribution is -0.137. The third-order valence-electron chi connectivity index (χ3n) is 4.82. The van der Waals surface area contributed by atoms with Gasteiger partial charge in [0.05, 0.1) is 23.6 Å². The maximum Gasteiger partial charge on any atom is 0.332 e. The normalized spacial score (nSPS) is 13.0. The standard InChI is InChI=1S/C23H24N2O4/c1-3-5-12-25-18(13-19(26)29-4-2)16-10-11-17-20(21(16)24)23(28)15-9-7-6-8-14(15)22(17)27/h6-11,13,25H,3-5,12,24H2,1-2H3/b18-13+. The van der Waals surface area contributed by atoms with E-state index in [0.717, 1.165) is 12.8 Å². The zero-order valence-corrected chi connectivity index (χ0v) is 16.6. The number of ether oxygens (including phenoxy) is 1. The molecule has 0 saturated carbocycles. The number of carbonyl (C=O) groups excluding carboxylic acids is 3. The number of unbranched alkanes of at least 4 members (excludes halogenated alkanes) is 1. The van der Waals surface area contributed by atoms with Crippen LogP contribution in [0.25, 0.3) is 5.70 Å². The van der Waals surface area contributed by atoms with Gasteiger partial charge in [-0.3, -0.25) is 9.59 Å². The van der Waals surface area contributed by atoms with E-state index in [4.69, 9.17) is 10.5 Å². The molecular weight excluding hydrogens is 368 g/mol. The van der Waals surface area contributed by atoms with Gasteiger partial charge >= 0.3 is 5.97 Å². The predicted octanol–water partition coefficient (Wildman–Crippen LogP) is 3.34. The molecule has 6 nitrogen and oxygen atoms in total. The highest BCUT2D eigenvalue weighted by Gasteiger charge is 2.32. The minimum atomic E-state index is -0.503. The Bertz CT molecular complexity index is 1010. The van der Waals surface area contributed by atoms with Crippen LogP contribution in [-0.2, 0) is 9.53 Å². The number of carbonyl (C=O) groups is 3. The minimum Gasteiger partial charge on any atom is -0.463 e. The number of hydrogen-bond acceptors (Lipinski definition) is 6. The van der Waals surface area contributed by atoms with Crippen molar-refractivity contribution in [3.05, 3.63) is 70.3 Å². The zero-order valence-electron chi connectivity index (χ0n) is 16.6. The molecule has 3 rings (SSSR count). The van der Waals surface area contributed by atoms with Crippen LogP contribution in [0.15, 0.2) is 42.5 Å². The number of anilines is 1. The molecular formula is C23H24N2O4. The van der Waals surface area contributed by atoms with Gasteiger partial charge in [0.1, 0.15) is 0 Å². The number of nitrogens with one attached hydrogen (secondary N) is 1. The quantitative estimate of drug-likeness (QED) is 0.277. The number of nitrogen functional groups attached to an aromatic ring is 1. The first kappa shape index (κ1) is 20.3. The van der Waals surface area contributed by atoms with E-state index in [1.807, 2.05) is 0 Å². The van der Waals surface area contributed by atoms with Gasteiger partial charge in [0.25, 0.3) is 0 Å². The summed E-state index contributed by atoms with van der Waals surface area (Å²) in [6, 6.07) is 9.97. The van der Waals surface area contributed by atoms with Crippen molar-refractivity contribution < 1.29 is 19.1 Å². The van der Waals surface area contributed by atoms with E-state index in [2.05, 4.69) is 12.2 Å². The molecule has 0 atom stereocenters. The van der Waals surface area contributed by atoms with E-state index in [1.54, 1.807) is 43.3 Å². The van der Waals surface area contributed by atoms with Crippen LogP contribution in [0.3, 0.4) is 0 Å². The maximum absolute atomic E-state index is 13.1. The second kappa shape index (κ2) is 8.73. The monoisotopic (exact) mass is 392 g/mol. The van der Waals surface area contributed by atoms with Crippen molar-refractivity contribution in [3.63, 3.8) is 0 Å². The summed E-state index contributed by atoms with van der Waals surface area (Å²) in [5.74, 6) is -1.03. The van der Waals surface area contributed by atoms with Crippen LogP contribution >= 0.6 is 0 Å². The molecule has 3 N–H and O–H groups in total. The van der Waals surface area contributed by atoms with Crippen molar-refractivity contribution >= 4 is 28.9 Å². The Hall–Kier alpha value is -3.41. The van der Waals surface area contributed by atoms with Gasteiger partial charge in [-0.05, 0) is 19.4 Å². The molecule has 1 aliphatic rings. The van der Waals surface area contributed by atoms with E-state index < -0.39 is 5.97 Å². The first-order chi connectivity index (χ1) is 14.0. The lowest BCUT2D eigenvalue weighted by Gasteiger charge is -2.22. The fourth-order valence-electron chi connectivity index (χ4n) is 3.37. The van der Waals surface area contributed by atoms with Crippen LogP contribution in [0, 0.1) is 0 Å². The SMILES string of the molecule is CCCCN/C(=C/C(=O)OCC)c1ccc2c(c1N)C(=O)c1ccccc1C2=O. The molecule has 0 aromatic heterocycles. The number of fused-ring (bicyclic) bond motifs is 2. The van der Waals surface area contributed by atoms with Crippen LogP contribution < -0.4 is 11.1 Å². The number of nitrogens with two attached hydrogens (primary N) is 1. The van der Waals surface area contributed by atoms with Crippen LogP contribution in [0.5, 0.6) is 0 Å². The van der Waals surface area contributed by atoms with Gasteiger partial charge in [0.15, 0.2) is 11.6 Å². The molecule has 0 aliphatic heterocycles. The summed E-state index contributed by atoms with van der Waals surface area (Å²) in [7, 11) is 0. The Morgan fingerprint density at radius 3 is 2.38 bits per heavy atom. The molecule has 0 amide bonds. The van der Waals surface area contributed by atoms with Crippen LogP contribution in [0.1, 0.15) is 64.1 Å². The van der Waals surface area contributed by atoms with Crippen molar-refractivity contribution in [2.24, 2.45) is 0 Å². The number of esters is 1. The summed E-state index contributed by atoms with van der Waals surface area (Å²) >= 11 is 0. The Morgan fingerprint density at radius 2 is 1.72 bits per heavy atom. The molecule has 1 aliphatic carbocycles. The fraction of sp³-hybridized carbons (Fsp3) is 0.261. The number of hydrogen-bond donors (Lipinski definition) is 2. The predicted molar refractivity (Wildman–Crippen MR) is 112 cm³/mol. The van der Waals surface area contributed by atoms with E-state index in [9.17, 15) is 14.4 Å². The lowest BCUT2D eigenvalue weighted by Crippen LogP contribution is -2.24. The van der Waals surface area contributed by atoms with Crippen molar-refractivity contribution in [1.82, 2.24) is 5.32 Å². The molecule has 0 unspecified atom stereocenters. The Morgan fingerprint density at radius 1 is 1.03 bits per heavy atom. The summed E-state index contributed by atoms with van der Waals surface area (Å²) in [4.78, 5) is 38.0. The summed E-state index contributed by atoms with van der Waals surface area (Å²) in [6.07, 6.45) is 3.21. The number of benzene rings is 2. The van der Waals surface area contributed by atoms with Crippen molar-refractivity contribution in [2.75, 3.05) is 18.9 Å². The molecule has 2 aromatic rings. The molecule has 6 heteroatoms. The van der Waals surface area contributed by atoms with E-state index in [1.165, 1.54) is 6.08 Å². The maximum atomic E-state index is 13.1. The highest BCUT2D eigenvalue weighted by atomic mass is 16.5. The third kappa shape index (κ3) is 3.92. The highest BCUT2D eigenvalue weighted by Crippen LogP contribution is 2.34. The molecule has 0 fully saturated rings. The van der Waals surface area contributed by atoms with Gasteiger partial charge in [-0.2, -0.15) is 0 Å². The smallest absolute Gasteiger partial charge is 0.332 e. The molecule has 0 saturated heterocycles. The van der Waals surface area contributed by atoms with Gasteiger partial charge in [-0.25, -0.2) is 4.79 Å². The summed E-state index contributed by atoms with van der Waals surface area (Å²) in [5.41, 5.74) is 8.67. The zero-order chi connectivity index (χ0) is 21.0. The second-order valence-corrected chi connectivity index (χ2v) is 6.74. The summed E-state index contributed by atoms with van der Waals surface area (Å²) in [6.45, 7) is 4.67. The Kier molecular flexibility index (Phi) is 6.12. The van der Waals surface area contributed by atoms with Gasteiger partial charge in [0, 0.05) is 34.9 Å². The van der Waals surface area contributed by atoms with E-state index in [-0.39, 0.29) is 35.0 Å². The molecule has 29 heavy (non-hydrogen) atoms. The largest absolute Gasteiger partial charge is 0.463 e. The topological polar surface area (TPSA) is 98.5 Å². The molecule has 2 aromatic carbocycles. The van der Waals surface area contributed by atoms with E-state index in [0.29, 0.717) is 28.9 Å². The average Bonchev–Trinajstić information content (AvgIpc) is 2.71. The fourth-order valence-corrected chi connectivity index (χ4v) is 3.37. The molecule has 0 spiro atoms. The third-order valence-corrected chi connectivity index (χ3v) is 4.82. The van der Waals surface area contributed by atoms with Gasteiger partial charge in [0.2, 0.25) is 0 Å². The summed E-state index contributed by atoms with van der Waals surface area (Å²) < 4.78 is 5.02. The molecule has 0 bridgehead atoms. The molecule has 0 radical (unpaired) electrons. The van der Waals surface area contributed by atoms with Gasteiger partial charge in [-0.15, -0.1) is 0 Å². The highest BCUT2D eigenvalue weighted by molar-refractivity contribution is 6.30. The van der Waals surface area contributed by atoms with Crippen LogP contribution in [0.2, 0.25) is 0 Å². The molecule has 150 valence electrons. The number of rotatable bonds is 7. The Balaban J connectivity index is 2.09. The van der Waals surface area contributed by atoms with Crippen molar-refractivity contribution in [2.45, 2.75) is 26.7 Å². The second-order valence-electron chi connectivity index (χ2n) is 6.74. The van der Waals surface area contributed by atoms with Gasteiger partial charge in [-0.1, -0.05) is 43.7 Å². The molecule has 0 heterocycles. The van der Waals surface area contributed by atoms with Gasteiger partial charge < -0.3 is 15.8 Å². The Labute approximate surface area is 169 Å². The van der Waals surface area contributed by atoms with Crippen LogP contribution in [0.4, 0.5) is 5.69 Å². The van der Waals surface area contributed by atoms with Crippen LogP contribution in [-0.4, -0.2) is 30.7 Å². The van der Waals surface area contributed by atoms with Crippen molar-refractivity contribution in [3.8, 4) is 0 Å². The summed E-state index contributed by atoms with van der Waals surface area (Å²) in [5, 5.41) is 3.20.